The Bertz CT molecular complexity index is 500. The largest absolute Gasteiger partial charge is 0.361 e. The average Bonchev–Trinajstić information content (AvgIpc) is 2.69. The molecular weight excluding hydrogens is 298 g/mol. The minimum atomic E-state index is -0.191. The Morgan fingerprint density at radius 2 is 2.24 bits per heavy atom. The van der Waals surface area contributed by atoms with Gasteiger partial charge in [0.15, 0.2) is 0 Å². The Hall–Kier alpha value is -0.723. The summed E-state index contributed by atoms with van der Waals surface area (Å²) in [5.74, 6) is 0. The van der Waals surface area contributed by atoms with E-state index in [9.17, 15) is 0 Å². The van der Waals surface area contributed by atoms with Crippen LogP contribution in [0.25, 0.3) is 11.0 Å². The van der Waals surface area contributed by atoms with E-state index in [-0.39, 0.29) is 8.80 Å². The molecule has 2 rings (SSSR count). The Kier molecular flexibility index (Phi) is 4.30. The lowest BCUT2D eigenvalue weighted by atomic mass is 10.4. The molecule has 0 spiro atoms. The average molecular weight is 313 g/mol. The van der Waals surface area contributed by atoms with Crippen LogP contribution in [0, 0.1) is 0 Å². The lowest BCUT2D eigenvalue weighted by Gasteiger charge is -2.07. The molecular formula is C11H15BrN3OSi. The molecule has 2 heterocycles. The maximum atomic E-state index is 5.65. The Labute approximate surface area is 111 Å². The lowest BCUT2D eigenvalue weighted by Crippen LogP contribution is -2.08. The molecule has 2 aromatic heterocycles. The van der Waals surface area contributed by atoms with Gasteiger partial charge in [0.1, 0.15) is 23.3 Å². The summed E-state index contributed by atoms with van der Waals surface area (Å²) in [5, 5.41) is 1.02. The van der Waals surface area contributed by atoms with E-state index in [0.717, 1.165) is 22.2 Å². The standard InChI is InChI=1S/C11H15BrN3OSi/c1-17(2)6-5-16-8-15-4-3-9-10(12)13-7-14-11(9)15/h3-4,7H,5-6,8H2,1-2H3. The second-order valence-electron chi connectivity index (χ2n) is 4.18. The molecule has 0 aromatic carbocycles. The van der Waals surface area contributed by atoms with E-state index in [1.54, 1.807) is 6.33 Å². The van der Waals surface area contributed by atoms with Crippen molar-refractivity contribution in [1.82, 2.24) is 14.5 Å². The molecule has 1 radical (unpaired) electrons. The van der Waals surface area contributed by atoms with Gasteiger partial charge in [0.05, 0.1) is 5.39 Å². The van der Waals surface area contributed by atoms with E-state index < -0.39 is 0 Å². The molecule has 0 aliphatic heterocycles. The topological polar surface area (TPSA) is 39.9 Å². The van der Waals surface area contributed by atoms with E-state index in [4.69, 9.17) is 4.74 Å². The maximum absolute atomic E-state index is 5.65. The summed E-state index contributed by atoms with van der Waals surface area (Å²) in [7, 11) is -0.191. The van der Waals surface area contributed by atoms with Crippen molar-refractivity contribution in [2.45, 2.75) is 25.9 Å². The van der Waals surface area contributed by atoms with Gasteiger partial charge >= 0.3 is 0 Å². The zero-order valence-corrected chi connectivity index (χ0v) is 12.6. The van der Waals surface area contributed by atoms with E-state index in [0.29, 0.717) is 6.73 Å². The van der Waals surface area contributed by atoms with Gasteiger partial charge in [-0.2, -0.15) is 0 Å². The highest BCUT2D eigenvalue weighted by molar-refractivity contribution is 9.10. The van der Waals surface area contributed by atoms with E-state index >= 15 is 0 Å². The zero-order chi connectivity index (χ0) is 12.3. The molecule has 0 aliphatic rings. The summed E-state index contributed by atoms with van der Waals surface area (Å²) in [6.45, 7) is 5.97. The number of fused-ring (bicyclic) bond motifs is 1. The first kappa shape index (κ1) is 12.7. The molecule has 0 saturated carbocycles. The number of aromatic nitrogens is 3. The Morgan fingerprint density at radius 3 is 3.00 bits per heavy atom. The van der Waals surface area contributed by atoms with Crippen LogP contribution in [-0.4, -0.2) is 29.9 Å². The second kappa shape index (κ2) is 5.75. The van der Waals surface area contributed by atoms with Gasteiger partial charge in [0.25, 0.3) is 0 Å². The molecule has 0 fully saturated rings. The second-order valence-corrected chi connectivity index (χ2v) is 7.85. The molecule has 91 valence electrons. The van der Waals surface area contributed by atoms with Crippen molar-refractivity contribution in [3.05, 3.63) is 23.2 Å². The van der Waals surface area contributed by atoms with Gasteiger partial charge in [0.2, 0.25) is 0 Å². The highest BCUT2D eigenvalue weighted by atomic mass is 79.9. The van der Waals surface area contributed by atoms with Crippen LogP contribution in [0.15, 0.2) is 23.2 Å². The summed E-state index contributed by atoms with van der Waals surface area (Å²) in [4.78, 5) is 8.36. The minimum absolute atomic E-state index is 0.191. The number of nitrogens with zero attached hydrogens (tertiary/aromatic N) is 3. The summed E-state index contributed by atoms with van der Waals surface area (Å²) in [5.41, 5.74) is 0.908. The summed E-state index contributed by atoms with van der Waals surface area (Å²) in [6, 6.07) is 3.18. The number of rotatable bonds is 5. The van der Waals surface area contributed by atoms with E-state index in [1.807, 2.05) is 16.8 Å². The van der Waals surface area contributed by atoms with Gasteiger partial charge in [-0.1, -0.05) is 13.1 Å². The number of hydrogen-bond donors (Lipinski definition) is 0. The van der Waals surface area contributed by atoms with Crippen LogP contribution in [0.1, 0.15) is 0 Å². The van der Waals surface area contributed by atoms with Crippen LogP contribution in [0.5, 0.6) is 0 Å². The number of halogens is 1. The SMILES string of the molecule is C[Si](C)CCOCn1ccc2c(Br)ncnc21. The lowest BCUT2D eigenvalue weighted by molar-refractivity contribution is 0.0902. The minimum Gasteiger partial charge on any atom is -0.361 e. The molecule has 0 unspecified atom stereocenters. The number of hydrogen-bond acceptors (Lipinski definition) is 3. The van der Waals surface area contributed by atoms with E-state index in [1.165, 1.54) is 6.04 Å². The molecule has 0 saturated heterocycles. The summed E-state index contributed by atoms with van der Waals surface area (Å²) in [6.07, 6.45) is 3.54. The van der Waals surface area contributed by atoms with Gasteiger partial charge in [-0.15, -0.1) is 0 Å². The first-order valence-electron chi connectivity index (χ1n) is 5.50. The molecule has 0 atom stereocenters. The fourth-order valence-electron chi connectivity index (χ4n) is 1.52. The molecule has 6 heteroatoms. The maximum Gasteiger partial charge on any atom is 0.146 e. The first-order valence-corrected chi connectivity index (χ1v) is 9.00. The third-order valence-electron chi connectivity index (χ3n) is 2.48. The van der Waals surface area contributed by atoms with Gasteiger partial charge in [-0.05, 0) is 28.0 Å². The summed E-state index contributed by atoms with van der Waals surface area (Å²) < 4.78 is 8.48. The van der Waals surface area contributed by atoms with Crippen molar-refractivity contribution in [1.29, 1.82) is 0 Å². The zero-order valence-electron chi connectivity index (χ0n) is 9.98. The van der Waals surface area contributed by atoms with Crippen LogP contribution in [0.3, 0.4) is 0 Å². The summed E-state index contributed by atoms with van der Waals surface area (Å²) >= 11 is 3.41. The highest BCUT2D eigenvalue weighted by Gasteiger charge is 2.06. The van der Waals surface area contributed by atoms with Crippen molar-refractivity contribution < 1.29 is 4.74 Å². The number of ether oxygens (including phenoxy) is 1. The molecule has 0 bridgehead atoms. The smallest absolute Gasteiger partial charge is 0.146 e. The van der Waals surface area contributed by atoms with Gasteiger partial charge in [-0.3, -0.25) is 0 Å². The molecule has 17 heavy (non-hydrogen) atoms. The van der Waals surface area contributed by atoms with Crippen molar-refractivity contribution in [3.63, 3.8) is 0 Å². The van der Waals surface area contributed by atoms with E-state index in [2.05, 4.69) is 39.0 Å². The third kappa shape index (κ3) is 3.14. The normalized spacial score (nSPS) is 11.5. The van der Waals surface area contributed by atoms with Crippen LogP contribution in [0.2, 0.25) is 19.1 Å². The van der Waals surface area contributed by atoms with Crippen molar-refractivity contribution in [2.75, 3.05) is 6.61 Å². The third-order valence-corrected chi connectivity index (χ3v) is 4.32. The van der Waals surface area contributed by atoms with Crippen molar-refractivity contribution in [2.24, 2.45) is 0 Å². The van der Waals surface area contributed by atoms with Gasteiger partial charge in [-0.25, -0.2) is 9.97 Å². The van der Waals surface area contributed by atoms with Crippen LogP contribution in [0.4, 0.5) is 0 Å². The Morgan fingerprint density at radius 1 is 1.41 bits per heavy atom. The van der Waals surface area contributed by atoms with Crippen LogP contribution in [-0.2, 0) is 11.5 Å². The Balaban J connectivity index is 2.02. The fraction of sp³-hybridized carbons (Fsp3) is 0.455. The van der Waals surface area contributed by atoms with Gasteiger partial charge in [0, 0.05) is 21.6 Å². The quantitative estimate of drug-likeness (QED) is 0.484. The predicted octanol–water partition coefficient (Wildman–Crippen LogP) is 2.92. The van der Waals surface area contributed by atoms with Gasteiger partial charge < -0.3 is 9.30 Å². The highest BCUT2D eigenvalue weighted by Crippen LogP contribution is 2.20. The molecule has 4 nitrogen and oxygen atoms in total. The van der Waals surface area contributed by atoms with Crippen LogP contribution >= 0.6 is 15.9 Å². The fourth-order valence-corrected chi connectivity index (χ4v) is 2.47. The molecule has 0 amide bonds. The molecule has 2 aromatic rings. The first-order chi connectivity index (χ1) is 8.18. The molecule has 0 aliphatic carbocycles. The van der Waals surface area contributed by atoms with Crippen molar-refractivity contribution >= 4 is 35.8 Å². The monoisotopic (exact) mass is 312 g/mol. The van der Waals surface area contributed by atoms with Crippen molar-refractivity contribution in [3.8, 4) is 0 Å². The molecule has 0 N–H and O–H groups in total. The predicted molar refractivity (Wildman–Crippen MR) is 73.5 cm³/mol. The van der Waals surface area contributed by atoms with Crippen LogP contribution < -0.4 is 0 Å².